The van der Waals surface area contributed by atoms with Crippen molar-refractivity contribution < 1.29 is 0 Å². The summed E-state index contributed by atoms with van der Waals surface area (Å²) in [6.45, 7) is 0. The van der Waals surface area contributed by atoms with Gasteiger partial charge in [-0.15, -0.1) is 11.3 Å². The molecule has 0 amide bonds. The van der Waals surface area contributed by atoms with Crippen LogP contribution in [-0.4, -0.2) is 0 Å². The van der Waals surface area contributed by atoms with Crippen molar-refractivity contribution in [2.24, 2.45) is 47.3 Å². The molecule has 1 nitrogen and oxygen atoms in total. The molecular formula is C56H49NS. The van der Waals surface area contributed by atoms with Crippen LogP contribution < -0.4 is 4.90 Å². The van der Waals surface area contributed by atoms with Crippen molar-refractivity contribution in [1.82, 2.24) is 0 Å². The topological polar surface area (TPSA) is 3.24 Å². The first kappa shape index (κ1) is 32.2. The van der Waals surface area contributed by atoms with Crippen LogP contribution in [0.15, 0.2) is 127 Å². The third kappa shape index (κ3) is 3.83. The van der Waals surface area contributed by atoms with Crippen molar-refractivity contribution in [2.45, 2.75) is 75.0 Å². The third-order valence-electron chi connectivity index (χ3n) is 18.2. The molecule has 0 unspecified atom stereocenters. The molecule has 1 aromatic heterocycles. The van der Waals surface area contributed by atoms with Crippen molar-refractivity contribution in [3.63, 3.8) is 0 Å². The Hall–Kier alpha value is -4.66. The fourth-order valence-corrected chi connectivity index (χ4v) is 18.1. The third-order valence-corrected chi connectivity index (χ3v) is 19.3. The molecule has 0 saturated heterocycles. The molecule has 10 aliphatic rings. The lowest BCUT2D eigenvalue weighted by molar-refractivity contribution is -0.0399. The summed E-state index contributed by atoms with van der Waals surface area (Å²) in [5.41, 5.74) is 16.8. The zero-order chi connectivity index (χ0) is 37.5. The summed E-state index contributed by atoms with van der Waals surface area (Å²) in [4.78, 5) is 2.66. The van der Waals surface area contributed by atoms with Gasteiger partial charge in [-0.3, -0.25) is 0 Å². The van der Waals surface area contributed by atoms with E-state index in [9.17, 15) is 0 Å². The van der Waals surface area contributed by atoms with E-state index in [1.54, 1.807) is 22.3 Å². The van der Waals surface area contributed by atoms with Crippen LogP contribution in [-0.2, 0) is 10.8 Å². The summed E-state index contributed by atoms with van der Waals surface area (Å²) in [5.74, 6) is 6.88. The molecule has 7 aromatic rings. The molecule has 58 heavy (non-hydrogen) atoms. The lowest BCUT2D eigenvalue weighted by Gasteiger charge is -2.61. The van der Waals surface area contributed by atoms with Gasteiger partial charge in [0.15, 0.2) is 0 Å². The minimum atomic E-state index is 0.177. The highest BCUT2D eigenvalue weighted by atomic mass is 32.1. The standard InChI is InChI=1S/C56H49NS/c1-4-11-47-42(8-1)45-30-40(16-18-49(45)55(47)36-22-32-20-33(24-36)25-37(55)23-32)57(51-13-7-15-53-54(51)44-10-3-6-14-52(44)58-53)41-17-19-50-46(31-41)43-9-2-5-12-48(43)56(50)38-26-34-21-35(28-38)29-39(56)27-34/h1-19,30-39H,20-29H2. The van der Waals surface area contributed by atoms with Crippen molar-refractivity contribution in [1.29, 1.82) is 0 Å². The second-order valence-electron chi connectivity index (χ2n) is 20.5. The molecule has 8 saturated carbocycles. The maximum atomic E-state index is 2.66. The van der Waals surface area contributed by atoms with E-state index in [0.29, 0.717) is 0 Å². The van der Waals surface area contributed by atoms with E-state index in [1.165, 1.54) is 124 Å². The van der Waals surface area contributed by atoms with Crippen molar-refractivity contribution in [2.75, 3.05) is 4.90 Å². The first-order chi connectivity index (χ1) is 28.7. The largest absolute Gasteiger partial charge is 0.310 e. The molecule has 2 heteroatoms. The van der Waals surface area contributed by atoms with Crippen LogP contribution in [0.5, 0.6) is 0 Å². The Morgan fingerprint density at radius 1 is 0.397 bits per heavy atom. The lowest BCUT2D eigenvalue weighted by Crippen LogP contribution is -2.55. The normalized spacial score (nSPS) is 33.7. The zero-order valence-electron chi connectivity index (χ0n) is 33.2. The van der Waals surface area contributed by atoms with E-state index in [2.05, 4.69) is 132 Å². The molecule has 284 valence electrons. The fourth-order valence-electron chi connectivity index (χ4n) is 16.9. The predicted molar refractivity (Wildman–Crippen MR) is 241 cm³/mol. The number of hydrogen-bond acceptors (Lipinski definition) is 2. The molecule has 1 heterocycles. The van der Waals surface area contributed by atoms with Gasteiger partial charge in [0.05, 0.1) is 5.69 Å². The Balaban J connectivity index is 0.967. The predicted octanol–water partition coefficient (Wildman–Crippen LogP) is 15.0. The van der Waals surface area contributed by atoms with Crippen molar-refractivity contribution in [3.8, 4) is 22.3 Å². The molecule has 6 aromatic carbocycles. The summed E-state index contributed by atoms with van der Waals surface area (Å²) in [7, 11) is 0. The van der Waals surface area contributed by atoms with E-state index in [1.807, 2.05) is 11.3 Å². The minimum Gasteiger partial charge on any atom is -0.310 e. The van der Waals surface area contributed by atoms with Gasteiger partial charge in [0, 0.05) is 42.4 Å². The van der Waals surface area contributed by atoms with Crippen molar-refractivity contribution >= 4 is 48.6 Å². The average Bonchev–Trinajstić information content (AvgIpc) is 3.87. The van der Waals surface area contributed by atoms with Crippen LogP contribution in [0.1, 0.15) is 86.5 Å². The summed E-state index contributed by atoms with van der Waals surface area (Å²) in [6.07, 6.45) is 14.3. The van der Waals surface area contributed by atoms with Gasteiger partial charge in [0.1, 0.15) is 0 Å². The first-order valence-corrected chi connectivity index (χ1v) is 23.7. The Bertz CT molecular complexity index is 2710. The molecule has 0 aliphatic heterocycles. The van der Waals surface area contributed by atoms with Gasteiger partial charge in [0.2, 0.25) is 0 Å². The van der Waals surface area contributed by atoms with E-state index >= 15 is 0 Å². The summed E-state index contributed by atoms with van der Waals surface area (Å²) in [5, 5.41) is 2.74. The van der Waals surface area contributed by atoms with Gasteiger partial charge in [-0.05, 0) is 199 Å². The molecular weight excluding hydrogens is 719 g/mol. The van der Waals surface area contributed by atoms with Crippen LogP contribution in [0.3, 0.4) is 0 Å². The number of anilines is 3. The molecule has 0 atom stereocenters. The maximum Gasteiger partial charge on any atom is 0.0554 e. The molecule has 8 bridgehead atoms. The lowest BCUT2D eigenvalue weighted by atomic mass is 9.43. The van der Waals surface area contributed by atoms with Gasteiger partial charge < -0.3 is 4.90 Å². The van der Waals surface area contributed by atoms with E-state index in [4.69, 9.17) is 0 Å². The van der Waals surface area contributed by atoms with E-state index in [0.717, 1.165) is 47.3 Å². The number of benzene rings is 6. The quantitative estimate of drug-likeness (QED) is 0.173. The molecule has 0 radical (unpaired) electrons. The Morgan fingerprint density at radius 2 is 0.845 bits per heavy atom. The summed E-state index contributed by atoms with van der Waals surface area (Å²) >= 11 is 1.93. The maximum absolute atomic E-state index is 2.66. The monoisotopic (exact) mass is 767 g/mol. The van der Waals surface area contributed by atoms with Gasteiger partial charge in [-0.25, -0.2) is 0 Å². The summed E-state index contributed by atoms with van der Waals surface area (Å²) in [6, 6.07) is 51.0. The molecule has 10 aliphatic carbocycles. The smallest absolute Gasteiger partial charge is 0.0554 e. The van der Waals surface area contributed by atoms with Crippen LogP contribution >= 0.6 is 11.3 Å². The Kier molecular flexibility index (Phi) is 6.18. The first-order valence-electron chi connectivity index (χ1n) is 22.9. The SMILES string of the molecule is c1ccc2c(c1)-c1cc(N(c3ccc4c(c3)-c3ccccc3C43C4CC5CC(C4)CC3C5)c3cccc4sc5ccccc5c34)ccc1C21C2CC3CC(C2)CC1C3. The molecule has 2 spiro atoms. The Morgan fingerprint density at radius 3 is 1.38 bits per heavy atom. The molecule has 17 rings (SSSR count). The summed E-state index contributed by atoms with van der Waals surface area (Å²) < 4.78 is 2.73. The van der Waals surface area contributed by atoms with Gasteiger partial charge in [-0.1, -0.05) is 84.9 Å². The Labute approximate surface area is 346 Å². The van der Waals surface area contributed by atoms with Gasteiger partial charge in [-0.2, -0.15) is 0 Å². The van der Waals surface area contributed by atoms with Crippen LogP contribution in [0, 0.1) is 47.3 Å². The van der Waals surface area contributed by atoms with Crippen LogP contribution in [0.4, 0.5) is 17.1 Å². The highest BCUT2D eigenvalue weighted by Gasteiger charge is 2.63. The second-order valence-corrected chi connectivity index (χ2v) is 21.6. The highest BCUT2D eigenvalue weighted by Crippen LogP contribution is 2.71. The van der Waals surface area contributed by atoms with E-state index < -0.39 is 0 Å². The van der Waals surface area contributed by atoms with Gasteiger partial charge in [0.25, 0.3) is 0 Å². The molecule has 8 fully saturated rings. The number of thiophene rings is 1. The highest BCUT2D eigenvalue weighted by molar-refractivity contribution is 7.26. The van der Waals surface area contributed by atoms with Gasteiger partial charge >= 0.3 is 0 Å². The van der Waals surface area contributed by atoms with E-state index in [-0.39, 0.29) is 10.8 Å². The number of hydrogen-bond donors (Lipinski definition) is 0. The second kappa shape index (κ2) is 11.1. The van der Waals surface area contributed by atoms with Crippen LogP contribution in [0.2, 0.25) is 0 Å². The number of fused-ring (bicyclic) bond motifs is 9. The molecule has 0 N–H and O–H groups in total. The number of nitrogens with zero attached hydrogens (tertiary/aromatic N) is 1. The van der Waals surface area contributed by atoms with Crippen LogP contribution in [0.25, 0.3) is 42.4 Å². The average molecular weight is 768 g/mol. The minimum absolute atomic E-state index is 0.177. The van der Waals surface area contributed by atoms with Crippen molar-refractivity contribution in [3.05, 3.63) is 150 Å². The number of rotatable bonds is 3. The zero-order valence-corrected chi connectivity index (χ0v) is 34.0. The fraction of sp³-hybridized carbons (Fsp3) is 0.357.